The van der Waals surface area contributed by atoms with Crippen molar-refractivity contribution in [2.75, 3.05) is 0 Å². The van der Waals surface area contributed by atoms with E-state index < -0.39 is 0 Å². The zero-order valence-corrected chi connectivity index (χ0v) is 13.9. The van der Waals surface area contributed by atoms with Crippen molar-refractivity contribution in [1.29, 1.82) is 0 Å². The predicted octanol–water partition coefficient (Wildman–Crippen LogP) is 5.18. The number of benzene rings is 2. The van der Waals surface area contributed by atoms with Gasteiger partial charge in [-0.15, -0.1) is 0 Å². The number of aromatic nitrogens is 2. The van der Waals surface area contributed by atoms with Crippen LogP contribution in [-0.2, 0) is 6.54 Å². The highest BCUT2D eigenvalue weighted by Gasteiger charge is 2.09. The second-order valence-electron chi connectivity index (χ2n) is 5.78. The Balaban J connectivity index is 1.98. The van der Waals surface area contributed by atoms with Crippen LogP contribution in [0.2, 0.25) is 5.02 Å². The minimum absolute atomic E-state index is 0.769. The van der Waals surface area contributed by atoms with Gasteiger partial charge in [-0.05, 0) is 50.1 Å². The molecular formula is C19H19ClN2. The summed E-state index contributed by atoms with van der Waals surface area (Å²) in [4.78, 5) is 0. The molecule has 0 fully saturated rings. The summed E-state index contributed by atoms with van der Waals surface area (Å²) in [7, 11) is 0. The summed E-state index contributed by atoms with van der Waals surface area (Å²) in [5, 5.41) is 5.44. The fourth-order valence-electron chi connectivity index (χ4n) is 2.57. The molecule has 3 aromatic rings. The molecule has 0 N–H and O–H groups in total. The first-order valence-electron chi connectivity index (χ1n) is 7.39. The summed E-state index contributed by atoms with van der Waals surface area (Å²) in [6.07, 6.45) is 0. The minimum atomic E-state index is 0.769. The van der Waals surface area contributed by atoms with E-state index in [4.69, 9.17) is 11.6 Å². The number of aryl methyl sites for hydroxylation is 3. The Bertz CT molecular complexity index is 801. The molecule has 2 nitrogen and oxygen atoms in total. The summed E-state index contributed by atoms with van der Waals surface area (Å²) in [6.45, 7) is 6.92. The molecule has 1 heterocycles. The van der Waals surface area contributed by atoms with E-state index in [1.807, 2.05) is 19.9 Å². The molecule has 0 aliphatic carbocycles. The first-order valence-corrected chi connectivity index (χ1v) is 7.77. The van der Waals surface area contributed by atoms with Gasteiger partial charge in [0.15, 0.2) is 0 Å². The number of hydrogen-bond acceptors (Lipinski definition) is 1. The lowest BCUT2D eigenvalue weighted by Gasteiger charge is -2.09. The van der Waals surface area contributed by atoms with Crippen LogP contribution in [0.4, 0.5) is 0 Å². The molecule has 0 radical (unpaired) electrons. The molecule has 3 heteroatoms. The van der Waals surface area contributed by atoms with Crippen molar-refractivity contribution < 1.29 is 0 Å². The average molecular weight is 311 g/mol. The Kier molecular flexibility index (Phi) is 4.04. The summed E-state index contributed by atoms with van der Waals surface area (Å²) < 4.78 is 2.06. The van der Waals surface area contributed by atoms with Crippen LogP contribution in [0, 0.1) is 20.8 Å². The highest BCUT2D eigenvalue weighted by molar-refractivity contribution is 6.31. The standard InChI is InChI=1S/C19H19ClN2/c1-13-4-6-16(7-5-13)12-22-19(11-15(3)21-22)17-8-9-18(20)14(2)10-17/h4-11H,12H2,1-3H3. The zero-order valence-electron chi connectivity index (χ0n) is 13.1. The molecule has 0 unspecified atom stereocenters. The van der Waals surface area contributed by atoms with Gasteiger partial charge in [0.25, 0.3) is 0 Å². The largest absolute Gasteiger partial charge is 0.260 e. The van der Waals surface area contributed by atoms with Crippen molar-refractivity contribution >= 4 is 11.6 Å². The maximum absolute atomic E-state index is 6.14. The van der Waals surface area contributed by atoms with Gasteiger partial charge in [-0.25, -0.2) is 0 Å². The lowest BCUT2D eigenvalue weighted by molar-refractivity contribution is 0.686. The molecule has 0 amide bonds. The highest BCUT2D eigenvalue weighted by atomic mass is 35.5. The van der Waals surface area contributed by atoms with Crippen molar-refractivity contribution in [2.24, 2.45) is 0 Å². The molecule has 22 heavy (non-hydrogen) atoms. The summed E-state index contributed by atoms with van der Waals surface area (Å²) in [6, 6.07) is 16.8. The Morgan fingerprint density at radius 3 is 2.36 bits per heavy atom. The van der Waals surface area contributed by atoms with Crippen LogP contribution in [-0.4, -0.2) is 9.78 Å². The van der Waals surface area contributed by atoms with Crippen LogP contribution in [0.5, 0.6) is 0 Å². The van der Waals surface area contributed by atoms with Gasteiger partial charge in [0.2, 0.25) is 0 Å². The summed E-state index contributed by atoms with van der Waals surface area (Å²) in [5.74, 6) is 0. The molecular weight excluding hydrogens is 292 g/mol. The van der Waals surface area contributed by atoms with Crippen molar-refractivity contribution in [1.82, 2.24) is 9.78 Å². The predicted molar refractivity (Wildman–Crippen MR) is 92.4 cm³/mol. The van der Waals surface area contributed by atoms with Gasteiger partial charge in [-0.2, -0.15) is 5.10 Å². The molecule has 0 bridgehead atoms. The third-order valence-corrected chi connectivity index (χ3v) is 4.23. The lowest BCUT2D eigenvalue weighted by atomic mass is 10.1. The van der Waals surface area contributed by atoms with Crippen LogP contribution in [0.3, 0.4) is 0 Å². The number of nitrogens with zero attached hydrogens (tertiary/aromatic N) is 2. The third kappa shape index (κ3) is 3.07. The van der Waals surface area contributed by atoms with Gasteiger partial charge in [0, 0.05) is 10.6 Å². The van der Waals surface area contributed by atoms with E-state index >= 15 is 0 Å². The van der Waals surface area contributed by atoms with E-state index in [1.54, 1.807) is 0 Å². The van der Waals surface area contributed by atoms with Gasteiger partial charge in [-0.3, -0.25) is 4.68 Å². The van der Waals surface area contributed by atoms with Gasteiger partial charge in [0.05, 0.1) is 17.9 Å². The smallest absolute Gasteiger partial charge is 0.0689 e. The van der Waals surface area contributed by atoms with Crippen LogP contribution >= 0.6 is 11.6 Å². The number of rotatable bonds is 3. The normalized spacial score (nSPS) is 10.9. The average Bonchev–Trinajstić information content (AvgIpc) is 2.85. The van der Waals surface area contributed by atoms with E-state index in [1.165, 1.54) is 11.1 Å². The molecule has 0 saturated carbocycles. The highest BCUT2D eigenvalue weighted by Crippen LogP contribution is 2.26. The minimum Gasteiger partial charge on any atom is -0.260 e. The molecule has 0 spiro atoms. The fourth-order valence-corrected chi connectivity index (χ4v) is 2.69. The summed E-state index contributed by atoms with van der Waals surface area (Å²) in [5.41, 5.74) is 6.90. The van der Waals surface area contributed by atoms with Gasteiger partial charge >= 0.3 is 0 Å². The van der Waals surface area contributed by atoms with Crippen LogP contribution < -0.4 is 0 Å². The zero-order chi connectivity index (χ0) is 15.7. The monoisotopic (exact) mass is 310 g/mol. The van der Waals surface area contributed by atoms with Crippen molar-refractivity contribution in [2.45, 2.75) is 27.3 Å². The summed E-state index contributed by atoms with van der Waals surface area (Å²) >= 11 is 6.14. The first kappa shape index (κ1) is 14.9. The van der Waals surface area contributed by atoms with Crippen molar-refractivity contribution in [3.8, 4) is 11.3 Å². The molecule has 0 aliphatic rings. The Morgan fingerprint density at radius 2 is 1.68 bits per heavy atom. The molecule has 0 aliphatic heterocycles. The van der Waals surface area contributed by atoms with E-state index in [9.17, 15) is 0 Å². The molecule has 0 atom stereocenters. The quantitative estimate of drug-likeness (QED) is 0.652. The van der Waals surface area contributed by atoms with Crippen LogP contribution in [0.1, 0.15) is 22.4 Å². The molecule has 112 valence electrons. The van der Waals surface area contributed by atoms with E-state index in [-0.39, 0.29) is 0 Å². The lowest BCUT2D eigenvalue weighted by Crippen LogP contribution is -2.04. The third-order valence-electron chi connectivity index (χ3n) is 3.81. The van der Waals surface area contributed by atoms with Gasteiger partial charge in [-0.1, -0.05) is 47.5 Å². The molecule has 1 aromatic heterocycles. The van der Waals surface area contributed by atoms with Crippen molar-refractivity contribution in [3.05, 3.63) is 75.9 Å². The number of halogens is 1. The maximum atomic E-state index is 6.14. The van der Waals surface area contributed by atoms with E-state index in [0.29, 0.717) is 0 Å². The fraction of sp³-hybridized carbons (Fsp3) is 0.211. The molecule has 3 rings (SSSR count). The topological polar surface area (TPSA) is 17.8 Å². The maximum Gasteiger partial charge on any atom is 0.0689 e. The Hall–Kier alpha value is -2.06. The second-order valence-corrected chi connectivity index (χ2v) is 6.19. The van der Waals surface area contributed by atoms with E-state index in [0.717, 1.165) is 34.1 Å². The Labute approximate surface area is 136 Å². The van der Waals surface area contributed by atoms with Gasteiger partial charge in [0.1, 0.15) is 0 Å². The Morgan fingerprint density at radius 1 is 0.955 bits per heavy atom. The van der Waals surface area contributed by atoms with E-state index in [2.05, 4.69) is 59.2 Å². The molecule has 0 saturated heterocycles. The van der Waals surface area contributed by atoms with Gasteiger partial charge < -0.3 is 0 Å². The second kappa shape index (κ2) is 5.98. The van der Waals surface area contributed by atoms with Crippen molar-refractivity contribution in [3.63, 3.8) is 0 Å². The SMILES string of the molecule is Cc1ccc(Cn2nc(C)cc2-c2ccc(Cl)c(C)c2)cc1. The molecule has 2 aromatic carbocycles. The van der Waals surface area contributed by atoms with Crippen LogP contribution in [0.15, 0.2) is 48.5 Å². The van der Waals surface area contributed by atoms with Crippen LogP contribution in [0.25, 0.3) is 11.3 Å². The first-order chi connectivity index (χ1) is 10.5. The number of hydrogen-bond donors (Lipinski definition) is 0.